The lowest BCUT2D eigenvalue weighted by atomic mass is 10.0. The number of furan rings is 1. The van der Waals surface area contributed by atoms with Crippen molar-refractivity contribution in [1.82, 2.24) is 10.2 Å². The van der Waals surface area contributed by atoms with Gasteiger partial charge >= 0.3 is 0 Å². The molecule has 0 spiro atoms. The second kappa shape index (κ2) is 5.93. The van der Waals surface area contributed by atoms with Crippen LogP contribution in [0.3, 0.4) is 0 Å². The molecule has 1 unspecified atom stereocenters. The van der Waals surface area contributed by atoms with Crippen LogP contribution < -0.4 is 0 Å². The van der Waals surface area contributed by atoms with E-state index in [2.05, 4.69) is 10.2 Å². The Morgan fingerprint density at radius 2 is 1.88 bits per heavy atom. The highest BCUT2D eigenvalue weighted by molar-refractivity contribution is 7.84. The van der Waals surface area contributed by atoms with Crippen LogP contribution in [0.5, 0.6) is 0 Å². The Labute approximate surface area is 144 Å². The van der Waals surface area contributed by atoms with E-state index in [4.69, 9.17) is 8.83 Å². The molecule has 0 aliphatic rings. The summed E-state index contributed by atoms with van der Waals surface area (Å²) in [7, 11) is -1.38. The van der Waals surface area contributed by atoms with Gasteiger partial charge in [0.15, 0.2) is 0 Å². The Morgan fingerprint density at radius 1 is 1.08 bits per heavy atom. The summed E-state index contributed by atoms with van der Waals surface area (Å²) in [5.74, 6) is 0.388. The van der Waals surface area contributed by atoms with Gasteiger partial charge in [-0.15, -0.1) is 10.2 Å². The van der Waals surface area contributed by atoms with Gasteiger partial charge in [0, 0.05) is 29.7 Å². The van der Waals surface area contributed by atoms with Gasteiger partial charge < -0.3 is 8.83 Å². The molecule has 2 aromatic carbocycles. The monoisotopic (exact) mass is 356 g/mol. The first kappa shape index (κ1) is 15.7. The number of halogens is 1. The Hall–Kier alpha value is -2.80. The van der Waals surface area contributed by atoms with Crippen LogP contribution in [0.25, 0.3) is 33.6 Å². The van der Waals surface area contributed by atoms with Crippen molar-refractivity contribution >= 4 is 21.8 Å². The lowest BCUT2D eigenvalue weighted by Gasteiger charge is -2.03. The van der Waals surface area contributed by atoms with Crippen LogP contribution >= 0.6 is 0 Å². The highest BCUT2D eigenvalue weighted by Gasteiger charge is 2.14. The number of rotatable bonds is 3. The first-order valence-corrected chi connectivity index (χ1v) is 9.04. The zero-order chi connectivity index (χ0) is 17.6. The van der Waals surface area contributed by atoms with Gasteiger partial charge in [-0.2, -0.15) is 0 Å². The van der Waals surface area contributed by atoms with Crippen molar-refractivity contribution in [2.75, 3.05) is 6.26 Å². The Bertz CT molecular complexity index is 1120. The third-order valence-corrected chi connectivity index (χ3v) is 4.85. The lowest BCUT2D eigenvalue weighted by molar-refractivity contribution is 0.533. The molecular formula is C18H13FN2O3S. The normalized spacial score (nSPS) is 12.6. The largest absolute Gasteiger partial charge is 0.464 e. The van der Waals surface area contributed by atoms with Crippen molar-refractivity contribution < 1.29 is 17.4 Å². The van der Waals surface area contributed by atoms with Crippen LogP contribution in [-0.4, -0.2) is 20.7 Å². The van der Waals surface area contributed by atoms with Crippen molar-refractivity contribution in [3.63, 3.8) is 0 Å². The van der Waals surface area contributed by atoms with Gasteiger partial charge in [-0.05, 0) is 35.9 Å². The van der Waals surface area contributed by atoms with Crippen LogP contribution in [0, 0.1) is 12.7 Å². The predicted octanol–water partition coefficient (Wildman–Crippen LogP) is 4.33. The fourth-order valence-corrected chi connectivity index (χ4v) is 3.29. The van der Waals surface area contributed by atoms with Crippen LogP contribution in [-0.2, 0) is 10.8 Å². The molecule has 25 heavy (non-hydrogen) atoms. The van der Waals surface area contributed by atoms with Crippen molar-refractivity contribution in [1.29, 1.82) is 0 Å². The maximum atomic E-state index is 14.2. The van der Waals surface area contributed by atoms with Crippen LogP contribution in [0.1, 0.15) is 5.89 Å². The fraction of sp³-hybridized carbons (Fsp3) is 0.111. The van der Waals surface area contributed by atoms with Gasteiger partial charge in [0.05, 0.1) is 22.0 Å². The maximum absolute atomic E-state index is 14.2. The Morgan fingerprint density at radius 3 is 2.56 bits per heavy atom. The smallest absolute Gasteiger partial charge is 0.247 e. The summed E-state index contributed by atoms with van der Waals surface area (Å²) >= 11 is 0. The summed E-state index contributed by atoms with van der Waals surface area (Å²) in [6.07, 6.45) is 3.02. The van der Waals surface area contributed by atoms with E-state index in [1.165, 1.54) is 18.4 Å². The second-order valence-corrected chi connectivity index (χ2v) is 6.93. The lowest BCUT2D eigenvalue weighted by Crippen LogP contribution is -1.92. The molecule has 0 aliphatic heterocycles. The van der Waals surface area contributed by atoms with E-state index in [-0.39, 0.29) is 4.90 Å². The third-order valence-electron chi connectivity index (χ3n) is 3.90. The van der Waals surface area contributed by atoms with E-state index < -0.39 is 16.6 Å². The van der Waals surface area contributed by atoms with Gasteiger partial charge in [0.25, 0.3) is 0 Å². The molecule has 5 nitrogen and oxygen atoms in total. The summed E-state index contributed by atoms with van der Waals surface area (Å²) in [4.78, 5) is 0.179. The zero-order valence-corrected chi connectivity index (χ0v) is 14.3. The number of hydrogen-bond acceptors (Lipinski definition) is 5. The van der Waals surface area contributed by atoms with E-state index in [0.29, 0.717) is 22.9 Å². The molecule has 0 aliphatic carbocycles. The molecular weight excluding hydrogens is 343 g/mol. The number of benzene rings is 2. The SMILES string of the molecule is Cc1nnc(-c2ccc3occ(-c4ccc(S(C)=O)c(F)c4)c3c2)o1. The zero-order valence-electron chi connectivity index (χ0n) is 13.4. The van der Waals surface area contributed by atoms with Crippen LogP contribution in [0.15, 0.2) is 56.4 Å². The molecule has 0 saturated carbocycles. The predicted molar refractivity (Wildman–Crippen MR) is 92.0 cm³/mol. The molecule has 0 amide bonds. The van der Waals surface area contributed by atoms with E-state index in [1.54, 1.807) is 25.3 Å². The van der Waals surface area contributed by atoms with Gasteiger partial charge in [-0.1, -0.05) is 6.07 Å². The number of fused-ring (bicyclic) bond motifs is 1. The standard InChI is InChI=1S/C18H13FN2O3S/c1-10-20-21-18(24-10)12-3-5-16-13(7-12)14(9-23-16)11-4-6-17(25(2)22)15(19)8-11/h3-9H,1-2H3. The topological polar surface area (TPSA) is 69.1 Å². The quantitative estimate of drug-likeness (QED) is 0.546. The minimum atomic E-state index is -1.38. The number of hydrogen-bond donors (Lipinski definition) is 0. The Balaban J connectivity index is 1.85. The van der Waals surface area contributed by atoms with Gasteiger partial charge in [-0.3, -0.25) is 4.21 Å². The van der Waals surface area contributed by atoms with Crippen molar-refractivity contribution in [3.8, 4) is 22.6 Å². The molecule has 0 fully saturated rings. The molecule has 0 bridgehead atoms. The van der Waals surface area contributed by atoms with E-state index in [1.807, 2.05) is 12.1 Å². The minimum absolute atomic E-state index is 0.179. The van der Waals surface area contributed by atoms with E-state index in [0.717, 1.165) is 16.5 Å². The molecule has 2 heterocycles. The van der Waals surface area contributed by atoms with E-state index in [9.17, 15) is 8.60 Å². The average molecular weight is 356 g/mol. The number of aryl methyl sites for hydroxylation is 1. The summed E-state index contributed by atoms with van der Waals surface area (Å²) in [6.45, 7) is 1.72. The molecule has 2 aromatic heterocycles. The first-order valence-electron chi connectivity index (χ1n) is 7.48. The molecule has 126 valence electrons. The molecule has 7 heteroatoms. The molecule has 4 aromatic rings. The number of nitrogens with zero attached hydrogens (tertiary/aromatic N) is 2. The summed E-state index contributed by atoms with van der Waals surface area (Å²) in [6, 6.07) is 10.1. The van der Waals surface area contributed by atoms with Gasteiger partial charge in [0.2, 0.25) is 11.8 Å². The van der Waals surface area contributed by atoms with Crippen molar-refractivity contribution in [2.45, 2.75) is 11.8 Å². The summed E-state index contributed by atoms with van der Waals surface area (Å²) in [5, 5.41) is 8.65. The van der Waals surface area contributed by atoms with Crippen molar-refractivity contribution in [3.05, 3.63) is 54.4 Å². The molecule has 0 saturated heterocycles. The maximum Gasteiger partial charge on any atom is 0.247 e. The Kier molecular flexibility index (Phi) is 3.73. The van der Waals surface area contributed by atoms with Crippen LogP contribution in [0.4, 0.5) is 4.39 Å². The second-order valence-electron chi connectivity index (χ2n) is 5.59. The van der Waals surface area contributed by atoms with Gasteiger partial charge in [0.1, 0.15) is 11.4 Å². The first-order chi connectivity index (χ1) is 12.0. The van der Waals surface area contributed by atoms with Gasteiger partial charge in [-0.25, -0.2) is 4.39 Å². The molecule has 0 N–H and O–H groups in total. The summed E-state index contributed by atoms with van der Waals surface area (Å²) in [5.41, 5.74) is 2.80. The highest BCUT2D eigenvalue weighted by Crippen LogP contribution is 2.34. The van der Waals surface area contributed by atoms with E-state index >= 15 is 0 Å². The van der Waals surface area contributed by atoms with Crippen molar-refractivity contribution in [2.24, 2.45) is 0 Å². The number of aromatic nitrogens is 2. The highest BCUT2D eigenvalue weighted by atomic mass is 32.2. The molecule has 1 atom stereocenters. The summed E-state index contributed by atoms with van der Waals surface area (Å²) < 4.78 is 36.7. The minimum Gasteiger partial charge on any atom is -0.464 e. The third kappa shape index (κ3) is 2.76. The molecule has 4 rings (SSSR count). The average Bonchev–Trinajstić information content (AvgIpc) is 3.20. The fourth-order valence-electron chi connectivity index (χ4n) is 2.70. The van der Waals surface area contributed by atoms with Crippen LogP contribution in [0.2, 0.25) is 0 Å². The molecule has 0 radical (unpaired) electrons.